The number of hydrogen-bond donors (Lipinski definition) is 0. The fourth-order valence-electron chi connectivity index (χ4n) is 1.67. The molecule has 1 fully saturated rings. The van der Waals surface area contributed by atoms with Crippen LogP contribution in [0.4, 0.5) is 0 Å². The molecule has 2 nitrogen and oxygen atoms in total. The Bertz CT molecular complexity index is 135. The zero-order valence-electron chi connectivity index (χ0n) is 7.72. The molecule has 0 aromatic rings. The molecule has 0 N–H and O–H groups in total. The van der Waals surface area contributed by atoms with Crippen molar-refractivity contribution in [2.45, 2.75) is 38.5 Å². The quantitative estimate of drug-likeness (QED) is 0.542. The SMILES string of the molecule is [CH2]C(=O)N1CCCCCCCC1. The van der Waals surface area contributed by atoms with Gasteiger partial charge in [-0.1, -0.05) is 25.7 Å². The highest BCUT2D eigenvalue weighted by atomic mass is 16.2. The second kappa shape index (κ2) is 5.18. The van der Waals surface area contributed by atoms with Crippen molar-refractivity contribution in [2.75, 3.05) is 13.1 Å². The van der Waals surface area contributed by atoms with Gasteiger partial charge in [-0.15, -0.1) is 0 Å². The fraction of sp³-hybridized carbons (Fsp3) is 0.800. The molecule has 69 valence electrons. The van der Waals surface area contributed by atoms with Gasteiger partial charge in [0.15, 0.2) is 0 Å². The molecule has 0 aromatic heterocycles. The van der Waals surface area contributed by atoms with Crippen LogP contribution in [-0.2, 0) is 4.79 Å². The number of nitrogens with zero attached hydrogens (tertiary/aromatic N) is 1. The van der Waals surface area contributed by atoms with Gasteiger partial charge in [0.2, 0.25) is 5.91 Å². The van der Waals surface area contributed by atoms with Gasteiger partial charge >= 0.3 is 0 Å². The second-order valence-electron chi connectivity index (χ2n) is 3.50. The minimum atomic E-state index is -0.00287. The van der Waals surface area contributed by atoms with Crippen LogP contribution in [0.2, 0.25) is 0 Å². The van der Waals surface area contributed by atoms with Crippen LogP contribution in [0.15, 0.2) is 0 Å². The Labute approximate surface area is 74.9 Å². The average molecular weight is 168 g/mol. The number of rotatable bonds is 0. The Morgan fingerprint density at radius 3 is 1.75 bits per heavy atom. The van der Waals surface area contributed by atoms with Gasteiger partial charge in [-0.25, -0.2) is 0 Å². The summed E-state index contributed by atoms with van der Waals surface area (Å²) in [5.74, 6) is -0.00287. The molecule has 1 heterocycles. The summed E-state index contributed by atoms with van der Waals surface area (Å²) < 4.78 is 0. The van der Waals surface area contributed by atoms with E-state index >= 15 is 0 Å². The van der Waals surface area contributed by atoms with Gasteiger partial charge in [-0.3, -0.25) is 4.79 Å². The van der Waals surface area contributed by atoms with E-state index in [1.165, 1.54) is 25.7 Å². The van der Waals surface area contributed by atoms with Crippen LogP contribution in [0.1, 0.15) is 38.5 Å². The molecular formula is C10H18NO. The van der Waals surface area contributed by atoms with Crippen molar-refractivity contribution in [2.24, 2.45) is 0 Å². The zero-order chi connectivity index (χ0) is 8.81. The van der Waals surface area contributed by atoms with Crippen molar-refractivity contribution in [3.05, 3.63) is 6.92 Å². The van der Waals surface area contributed by atoms with E-state index in [-0.39, 0.29) is 5.91 Å². The largest absolute Gasteiger partial charge is 0.343 e. The van der Waals surface area contributed by atoms with Gasteiger partial charge in [0.05, 0.1) is 0 Å². The topological polar surface area (TPSA) is 20.3 Å². The molecule has 0 aliphatic carbocycles. The lowest BCUT2D eigenvalue weighted by Crippen LogP contribution is -2.30. The van der Waals surface area contributed by atoms with Crippen molar-refractivity contribution < 1.29 is 4.79 Å². The van der Waals surface area contributed by atoms with Gasteiger partial charge in [0.25, 0.3) is 0 Å². The Kier molecular flexibility index (Phi) is 4.12. The summed E-state index contributed by atoms with van der Waals surface area (Å²) in [6.45, 7) is 5.29. The van der Waals surface area contributed by atoms with Gasteiger partial charge < -0.3 is 4.90 Å². The molecule has 0 spiro atoms. The van der Waals surface area contributed by atoms with Crippen molar-refractivity contribution in [1.82, 2.24) is 4.90 Å². The third-order valence-corrected chi connectivity index (χ3v) is 2.46. The molecule has 1 radical (unpaired) electrons. The summed E-state index contributed by atoms with van der Waals surface area (Å²) in [6, 6.07) is 0. The predicted octanol–water partition coefficient (Wildman–Crippen LogP) is 2.00. The smallest absolute Gasteiger partial charge is 0.223 e. The molecule has 1 saturated heterocycles. The van der Waals surface area contributed by atoms with Crippen LogP contribution < -0.4 is 0 Å². The number of amides is 1. The Morgan fingerprint density at radius 2 is 1.33 bits per heavy atom. The van der Waals surface area contributed by atoms with E-state index in [0.717, 1.165) is 25.9 Å². The first kappa shape index (κ1) is 9.56. The molecular weight excluding hydrogens is 150 g/mol. The minimum absolute atomic E-state index is 0.00287. The highest BCUT2D eigenvalue weighted by Gasteiger charge is 2.08. The highest BCUT2D eigenvalue weighted by molar-refractivity contribution is 5.80. The molecule has 0 bridgehead atoms. The van der Waals surface area contributed by atoms with Crippen molar-refractivity contribution in [3.8, 4) is 0 Å². The van der Waals surface area contributed by atoms with Crippen molar-refractivity contribution in [1.29, 1.82) is 0 Å². The standard InChI is InChI=1S/C10H18NO/c1-10(12)11-8-6-4-2-3-5-7-9-11/h1-9H2. The Morgan fingerprint density at radius 1 is 0.917 bits per heavy atom. The Balaban J connectivity index is 2.33. The van der Waals surface area contributed by atoms with E-state index in [2.05, 4.69) is 6.92 Å². The van der Waals surface area contributed by atoms with Gasteiger partial charge in [-0.05, 0) is 12.8 Å². The molecule has 0 saturated carbocycles. The molecule has 0 aromatic carbocycles. The Hall–Kier alpha value is -0.530. The first-order chi connectivity index (χ1) is 5.80. The lowest BCUT2D eigenvalue weighted by Gasteiger charge is -2.19. The summed E-state index contributed by atoms with van der Waals surface area (Å²) in [6.07, 6.45) is 7.51. The third-order valence-electron chi connectivity index (χ3n) is 2.46. The van der Waals surface area contributed by atoms with E-state index < -0.39 is 0 Å². The molecule has 1 aliphatic rings. The number of carbonyl (C=O) groups excluding carboxylic acids is 1. The van der Waals surface area contributed by atoms with E-state index in [4.69, 9.17) is 0 Å². The van der Waals surface area contributed by atoms with Crippen LogP contribution >= 0.6 is 0 Å². The first-order valence-corrected chi connectivity index (χ1v) is 4.91. The molecule has 1 amide bonds. The molecule has 2 heteroatoms. The average Bonchev–Trinajstić information content (AvgIpc) is 2.15. The van der Waals surface area contributed by atoms with Crippen LogP contribution in [0.3, 0.4) is 0 Å². The maximum atomic E-state index is 11.0. The predicted molar refractivity (Wildman–Crippen MR) is 49.6 cm³/mol. The maximum Gasteiger partial charge on any atom is 0.223 e. The van der Waals surface area contributed by atoms with Crippen molar-refractivity contribution in [3.63, 3.8) is 0 Å². The maximum absolute atomic E-state index is 11.0. The summed E-state index contributed by atoms with van der Waals surface area (Å²) in [7, 11) is 0. The van der Waals surface area contributed by atoms with Gasteiger partial charge in [0, 0.05) is 20.0 Å². The van der Waals surface area contributed by atoms with E-state index in [0.29, 0.717) is 0 Å². The monoisotopic (exact) mass is 168 g/mol. The van der Waals surface area contributed by atoms with E-state index in [9.17, 15) is 4.79 Å². The van der Waals surface area contributed by atoms with E-state index in [1.54, 1.807) is 0 Å². The van der Waals surface area contributed by atoms with Crippen molar-refractivity contribution >= 4 is 5.91 Å². The minimum Gasteiger partial charge on any atom is -0.343 e. The molecule has 1 aliphatic heterocycles. The number of hydrogen-bond acceptors (Lipinski definition) is 1. The second-order valence-corrected chi connectivity index (χ2v) is 3.50. The lowest BCUT2D eigenvalue weighted by molar-refractivity contribution is -0.126. The third kappa shape index (κ3) is 3.24. The summed E-state index contributed by atoms with van der Waals surface area (Å²) in [5.41, 5.74) is 0. The number of carbonyl (C=O) groups is 1. The lowest BCUT2D eigenvalue weighted by atomic mass is 10.1. The fourth-order valence-corrected chi connectivity index (χ4v) is 1.67. The van der Waals surface area contributed by atoms with Crippen LogP contribution in [-0.4, -0.2) is 23.9 Å². The van der Waals surface area contributed by atoms with Gasteiger partial charge in [-0.2, -0.15) is 0 Å². The van der Waals surface area contributed by atoms with E-state index in [1.807, 2.05) is 4.90 Å². The molecule has 0 atom stereocenters. The summed E-state index contributed by atoms with van der Waals surface area (Å²) in [4.78, 5) is 12.9. The summed E-state index contributed by atoms with van der Waals surface area (Å²) >= 11 is 0. The summed E-state index contributed by atoms with van der Waals surface area (Å²) in [5, 5.41) is 0. The highest BCUT2D eigenvalue weighted by Crippen LogP contribution is 2.10. The molecule has 0 unspecified atom stereocenters. The zero-order valence-corrected chi connectivity index (χ0v) is 7.72. The van der Waals surface area contributed by atoms with Crippen LogP contribution in [0.5, 0.6) is 0 Å². The normalized spacial score (nSPS) is 20.9. The molecule has 1 rings (SSSR count). The van der Waals surface area contributed by atoms with Crippen LogP contribution in [0.25, 0.3) is 0 Å². The van der Waals surface area contributed by atoms with Crippen LogP contribution in [0, 0.1) is 6.92 Å². The first-order valence-electron chi connectivity index (χ1n) is 4.91. The molecule has 12 heavy (non-hydrogen) atoms. The van der Waals surface area contributed by atoms with Gasteiger partial charge in [0.1, 0.15) is 0 Å².